The fourth-order valence-corrected chi connectivity index (χ4v) is 2.09. The van der Waals surface area contributed by atoms with Crippen LogP contribution in [-0.4, -0.2) is 5.54 Å². The van der Waals surface area contributed by atoms with Crippen molar-refractivity contribution in [2.45, 2.75) is 38.6 Å². The van der Waals surface area contributed by atoms with E-state index in [0.29, 0.717) is 0 Å². The lowest BCUT2D eigenvalue weighted by Crippen LogP contribution is -2.41. The van der Waals surface area contributed by atoms with Gasteiger partial charge in [-0.15, -0.1) is 0 Å². The molecule has 0 unspecified atom stereocenters. The molecule has 1 fully saturated rings. The van der Waals surface area contributed by atoms with Gasteiger partial charge < -0.3 is 5.73 Å². The van der Waals surface area contributed by atoms with Crippen molar-refractivity contribution in [3.63, 3.8) is 0 Å². The molecular weight excluding hydrogens is 170 g/mol. The minimum absolute atomic E-state index is 0.100. The largest absolute Gasteiger partial charge is 0.325 e. The van der Waals surface area contributed by atoms with Gasteiger partial charge in [-0.2, -0.15) is 0 Å². The highest BCUT2D eigenvalue weighted by atomic mass is 14.9. The van der Waals surface area contributed by atoms with Crippen LogP contribution in [0.25, 0.3) is 0 Å². The minimum Gasteiger partial charge on any atom is -0.325 e. The van der Waals surface area contributed by atoms with Crippen molar-refractivity contribution in [1.82, 2.24) is 0 Å². The number of benzene rings is 1. The number of nitrogens with two attached hydrogens (primary N) is 1. The highest BCUT2D eigenvalue weighted by Gasteiger charge is 2.50. The van der Waals surface area contributed by atoms with E-state index >= 15 is 0 Å². The van der Waals surface area contributed by atoms with Crippen molar-refractivity contribution in [2.75, 3.05) is 0 Å². The highest BCUT2D eigenvalue weighted by Crippen LogP contribution is 2.49. The third-order valence-corrected chi connectivity index (χ3v) is 3.63. The molecule has 1 aromatic rings. The lowest BCUT2D eigenvalue weighted by Gasteiger charge is -2.32. The van der Waals surface area contributed by atoms with Crippen molar-refractivity contribution >= 4 is 0 Å². The molecule has 0 saturated heterocycles. The van der Waals surface area contributed by atoms with Crippen molar-refractivity contribution in [1.29, 1.82) is 0 Å². The van der Waals surface area contributed by atoms with Gasteiger partial charge in [0.05, 0.1) is 0 Å². The quantitative estimate of drug-likeness (QED) is 0.777. The topological polar surface area (TPSA) is 26.0 Å². The van der Waals surface area contributed by atoms with Crippen LogP contribution in [-0.2, 0) is 6.42 Å². The average molecular weight is 189 g/mol. The van der Waals surface area contributed by atoms with Crippen LogP contribution < -0.4 is 5.73 Å². The van der Waals surface area contributed by atoms with Crippen LogP contribution in [0.15, 0.2) is 30.3 Å². The van der Waals surface area contributed by atoms with E-state index in [1.807, 2.05) is 0 Å². The summed E-state index contributed by atoms with van der Waals surface area (Å²) < 4.78 is 0. The van der Waals surface area contributed by atoms with Crippen LogP contribution in [0, 0.1) is 5.41 Å². The summed E-state index contributed by atoms with van der Waals surface area (Å²) in [6.07, 6.45) is 3.46. The Hall–Kier alpha value is -0.820. The molecule has 2 N–H and O–H groups in total. The molecule has 0 amide bonds. The van der Waals surface area contributed by atoms with Gasteiger partial charge in [0.25, 0.3) is 0 Å². The smallest absolute Gasteiger partial charge is 0.0210 e. The standard InChI is InChI=1S/C13H19N/c1-12(2,13(14)8-9-13)10-11-6-4-3-5-7-11/h3-7H,8-10,14H2,1-2H3. The zero-order chi connectivity index (χ0) is 10.2. The van der Waals surface area contributed by atoms with Crippen LogP contribution in [0.4, 0.5) is 0 Å². The van der Waals surface area contributed by atoms with Crippen LogP contribution in [0.2, 0.25) is 0 Å². The van der Waals surface area contributed by atoms with Crippen LogP contribution in [0.5, 0.6) is 0 Å². The van der Waals surface area contributed by atoms with E-state index < -0.39 is 0 Å². The van der Waals surface area contributed by atoms with E-state index in [4.69, 9.17) is 5.73 Å². The monoisotopic (exact) mass is 189 g/mol. The molecule has 0 atom stereocenters. The molecule has 1 aliphatic rings. The maximum absolute atomic E-state index is 6.27. The Balaban J connectivity index is 2.11. The normalized spacial score (nSPS) is 19.4. The van der Waals surface area contributed by atoms with Gasteiger partial charge in [0, 0.05) is 5.54 Å². The lowest BCUT2D eigenvalue weighted by molar-refractivity contribution is 0.264. The average Bonchev–Trinajstić information content (AvgIpc) is 2.86. The summed E-state index contributed by atoms with van der Waals surface area (Å²) in [4.78, 5) is 0. The summed E-state index contributed by atoms with van der Waals surface area (Å²) in [5, 5.41) is 0. The first-order chi connectivity index (χ1) is 6.54. The molecule has 0 spiro atoms. The highest BCUT2D eigenvalue weighted by molar-refractivity contribution is 5.20. The Kier molecular flexibility index (Phi) is 2.15. The summed E-state index contributed by atoms with van der Waals surface area (Å²) in [5.41, 5.74) is 8.00. The van der Waals surface area contributed by atoms with E-state index in [-0.39, 0.29) is 11.0 Å². The van der Waals surface area contributed by atoms with Crippen molar-refractivity contribution in [2.24, 2.45) is 11.1 Å². The third-order valence-electron chi connectivity index (χ3n) is 3.63. The lowest BCUT2D eigenvalue weighted by atomic mass is 9.77. The number of hydrogen-bond acceptors (Lipinski definition) is 1. The van der Waals surface area contributed by atoms with Gasteiger partial charge in [-0.05, 0) is 30.2 Å². The Morgan fingerprint density at radius 1 is 1.21 bits per heavy atom. The molecule has 1 saturated carbocycles. The van der Waals surface area contributed by atoms with Crippen molar-refractivity contribution in [3.05, 3.63) is 35.9 Å². The zero-order valence-corrected chi connectivity index (χ0v) is 9.09. The second-order valence-electron chi connectivity index (χ2n) is 5.20. The molecule has 14 heavy (non-hydrogen) atoms. The van der Waals surface area contributed by atoms with Crippen LogP contribution in [0.1, 0.15) is 32.3 Å². The summed E-state index contributed by atoms with van der Waals surface area (Å²) in [7, 11) is 0. The summed E-state index contributed by atoms with van der Waals surface area (Å²) in [6, 6.07) is 10.6. The van der Waals surface area contributed by atoms with Gasteiger partial charge >= 0.3 is 0 Å². The van der Waals surface area contributed by atoms with Gasteiger partial charge in [0.2, 0.25) is 0 Å². The maximum Gasteiger partial charge on any atom is 0.0210 e. The van der Waals surface area contributed by atoms with E-state index in [2.05, 4.69) is 44.2 Å². The molecule has 1 heteroatoms. The molecule has 0 bridgehead atoms. The molecule has 0 heterocycles. The molecule has 1 nitrogen and oxygen atoms in total. The second kappa shape index (κ2) is 3.09. The van der Waals surface area contributed by atoms with E-state index in [1.54, 1.807) is 0 Å². The van der Waals surface area contributed by atoms with Gasteiger partial charge in [-0.1, -0.05) is 44.2 Å². The van der Waals surface area contributed by atoms with E-state index in [0.717, 1.165) is 6.42 Å². The maximum atomic E-state index is 6.27. The van der Waals surface area contributed by atoms with E-state index in [1.165, 1.54) is 18.4 Å². The zero-order valence-electron chi connectivity index (χ0n) is 9.09. The van der Waals surface area contributed by atoms with Crippen molar-refractivity contribution < 1.29 is 0 Å². The first-order valence-corrected chi connectivity index (χ1v) is 5.36. The third kappa shape index (κ3) is 1.69. The Bertz CT molecular complexity index is 309. The predicted molar refractivity (Wildman–Crippen MR) is 60.1 cm³/mol. The molecule has 0 aliphatic heterocycles. The van der Waals surface area contributed by atoms with Crippen molar-refractivity contribution in [3.8, 4) is 0 Å². The van der Waals surface area contributed by atoms with Gasteiger partial charge in [-0.25, -0.2) is 0 Å². The summed E-state index contributed by atoms with van der Waals surface area (Å²) >= 11 is 0. The van der Waals surface area contributed by atoms with Crippen LogP contribution >= 0.6 is 0 Å². The molecule has 1 aromatic carbocycles. The van der Waals surface area contributed by atoms with Crippen LogP contribution in [0.3, 0.4) is 0 Å². The van der Waals surface area contributed by atoms with Gasteiger partial charge in [0.1, 0.15) is 0 Å². The summed E-state index contributed by atoms with van der Waals surface area (Å²) in [6.45, 7) is 4.57. The molecule has 1 aliphatic carbocycles. The Labute approximate surface area is 86.3 Å². The molecule has 2 rings (SSSR count). The summed E-state index contributed by atoms with van der Waals surface area (Å²) in [5.74, 6) is 0. The fraction of sp³-hybridized carbons (Fsp3) is 0.538. The number of rotatable bonds is 3. The first-order valence-electron chi connectivity index (χ1n) is 5.36. The first kappa shape index (κ1) is 9.72. The minimum atomic E-state index is 0.100. The molecule has 76 valence electrons. The predicted octanol–water partition coefficient (Wildman–Crippen LogP) is 2.75. The molecule has 0 radical (unpaired) electrons. The second-order valence-corrected chi connectivity index (χ2v) is 5.20. The van der Waals surface area contributed by atoms with Gasteiger partial charge in [0.15, 0.2) is 0 Å². The Morgan fingerprint density at radius 3 is 2.29 bits per heavy atom. The molecule has 0 aromatic heterocycles. The van der Waals surface area contributed by atoms with Gasteiger partial charge in [-0.3, -0.25) is 0 Å². The molecular formula is C13H19N. The SMILES string of the molecule is CC(C)(Cc1ccccc1)C1(N)CC1. The Morgan fingerprint density at radius 2 is 1.79 bits per heavy atom. The fourth-order valence-electron chi connectivity index (χ4n) is 2.09. The van der Waals surface area contributed by atoms with E-state index in [9.17, 15) is 0 Å². The number of hydrogen-bond donors (Lipinski definition) is 1.